The van der Waals surface area contributed by atoms with Crippen molar-refractivity contribution in [1.29, 1.82) is 0 Å². The molecule has 0 saturated heterocycles. The zero-order chi connectivity index (χ0) is 15.4. The summed E-state index contributed by atoms with van der Waals surface area (Å²) >= 11 is 3.33. The van der Waals surface area contributed by atoms with E-state index in [1.54, 1.807) is 32.5 Å². The molecule has 1 aromatic heterocycles. The molecule has 1 heterocycles. The third-order valence-electron chi connectivity index (χ3n) is 3.02. The average molecular weight is 350 g/mol. The van der Waals surface area contributed by atoms with Gasteiger partial charge in [0, 0.05) is 23.4 Å². The average Bonchev–Trinajstić information content (AvgIpc) is 2.49. The number of carbonyl (C=O) groups excluding carboxylic acids is 1. The Kier molecular flexibility index (Phi) is 4.80. The quantitative estimate of drug-likeness (QED) is 0.887. The SMILES string of the molecule is CNc1ncc(Br)cc1C(=O)Nc1ccc(OC)cc1C. The number of halogens is 1. The third kappa shape index (κ3) is 3.52. The van der Waals surface area contributed by atoms with Crippen molar-refractivity contribution in [3.05, 3.63) is 46.1 Å². The number of rotatable bonds is 4. The van der Waals surface area contributed by atoms with Gasteiger partial charge in [-0.3, -0.25) is 4.79 Å². The molecule has 110 valence electrons. The Hall–Kier alpha value is -2.08. The molecule has 0 atom stereocenters. The summed E-state index contributed by atoms with van der Waals surface area (Å²) in [4.78, 5) is 16.6. The number of anilines is 2. The molecule has 0 unspecified atom stereocenters. The number of amides is 1. The highest BCUT2D eigenvalue weighted by Gasteiger charge is 2.14. The van der Waals surface area contributed by atoms with Crippen molar-refractivity contribution in [2.45, 2.75) is 6.92 Å². The Bertz CT molecular complexity index is 674. The molecule has 2 rings (SSSR count). The van der Waals surface area contributed by atoms with Gasteiger partial charge in [-0.05, 0) is 52.7 Å². The highest BCUT2D eigenvalue weighted by molar-refractivity contribution is 9.10. The van der Waals surface area contributed by atoms with E-state index in [0.29, 0.717) is 11.4 Å². The normalized spacial score (nSPS) is 10.1. The van der Waals surface area contributed by atoms with Crippen molar-refractivity contribution in [3.63, 3.8) is 0 Å². The summed E-state index contributed by atoms with van der Waals surface area (Å²) in [6, 6.07) is 7.22. The van der Waals surface area contributed by atoms with Crippen LogP contribution in [0, 0.1) is 6.92 Å². The minimum Gasteiger partial charge on any atom is -0.497 e. The minimum absolute atomic E-state index is 0.221. The topological polar surface area (TPSA) is 63.2 Å². The maximum atomic E-state index is 12.4. The van der Waals surface area contributed by atoms with Gasteiger partial charge in [0.1, 0.15) is 11.6 Å². The van der Waals surface area contributed by atoms with E-state index in [-0.39, 0.29) is 5.91 Å². The Morgan fingerprint density at radius 3 is 2.71 bits per heavy atom. The van der Waals surface area contributed by atoms with E-state index in [2.05, 4.69) is 31.5 Å². The van der Waals surface area contributed by atoms with Crippen LogP contribution in [-0.2, 0) is 0 Å². The zero-order valence-electron chi connectivity index (χ0n) is 12.0. The number of hydrogen-bond donors (Lipinski definition) is 2. The first kappa shape index (κ1) is 15.3. The standard InChI is InChI=1S/C15H16BrN3O2/c1-9-6-11(21-3)4-5-13(9)19-15(20)12-7-10(16)8-18-14(12)17-2/h4-8H,1-3H3,(H,17,18)(H,19,20). The van der Waals surface area contributed by atoms with Gasteiger partial charge in [-0.15, -0.1) is 0 Å². The predicted molar refractivity (Wildman–Crippen MR) is 87.2 cm³/mol. The third-order valence-corrected chi connectivity index (χ3v) is 3.45. The fraction of sp³-hybridized carbons (Fsp3) is 0.200. The largest absolute Gasteiger partial charge is 0.497 e. The summed E-state index contributed by atoms with van der Waals surface area (Å²) < 4.78 is 5.90. The lowest BCUT2D eigenvalue weighted by Crippen LogP contribution is -2.15. The van der Waals surface area contributed by atoms with Gasteiger partial charge in [-0.2, -0.15) is 0 Å². The van der Waals surface area contributed by atoms with Crippen LogP contribution in [0.3, 0.4) is 0 Å². The number of hydrogen-bond acceptors (Lipinski definition) is 4. The Labute approximate surface area is 131 Å². The molecule has 0 radical (unpaired) electrons. The molecule has 2 N–H and O–H groups in total. The number of nitrogens with one attached hydrogen (secondary N) is 2. The van der Waals surface area contributed by atoms with Crippen LogP contribution in [0.15, 0.2) is 34.9 Å². The van der Waals surface area contributed by atoms with Crippen LogP contribution >= 0.6 is 15.9 Å². The molecule has 6 heteroatoms. The molecule has 0 aliphatic rings. The smallest absolute Gasteiger partial charge is 0.259 e. The number of carbonyl (C=O) groups is 1. The summed E-state index contributed by atoms with van der Waals surface area (Å²) in [7, 11) is 3.34. The summed E-state index contributed by atoms with van der Waals surface area (Å²) in [5.74, 6) is 1.06. The highest BCUT2D eigenvalue weighted by Crippen LogP contribution is 2.23. The number of ether oxygens (including phenoxy) is 1. The van der Waals surface area contributed by atoms with Crippen molar-refractivity contribution in [1.82, 2.24) is 4.98 Å². The summed E-state index contributed by atoms with van der Waals surface area (Å²) in [6.07, 6.45) is 1.64. The van der Waals surface area contributed by atoms with Gasteiger partial charge >= 0.3 is 0 Å². The second-order valence-electron chi connectivity index (χ2n) is 4.43. The second kappa shape index (κ2) is 6.58. The summed E-state index contributed by atoms with van der Waals surface area (Å²) in [6.45, 7) is 1.91. The molecule has 21 heavy (non-hydrogen) atoms. The number of aryl methyl sites for hydroxylation is 1. The molecule has 0 aliphatic heterocycles. The van der Waals surface area contributed by atoms with Gasteiger partial charge in [0.25, 0.3) is 5.91 Å². The lowest BCUT2D eigenvalue weighted by Gasteiger charge is -2.12. The number of pyridine rings is 1. The highest BCUT2D eigenvalue weighted by atomic mass is 79.9. The number of nitrogens with zero attached hydrogens (tertiary/aromatic N) is 1. The van der Waals surface area contributed by atoms with Crippen LogP contribution in [-0.4, -0.2) is 25.0 Å². The van der Waals surface area contributed by atoms with Crippen molar-refractivity contribution in [2.75, 3.05) is 24.8 Å². The first-order valence-electron chi connectivity index (χ1n) is 6.34. The lowest BCUT2D eigenvalue weighted by molar-refractivity contribution is 0.102. The van der Waals surface area contributed by atoms with Gasteiger partial charge < -0.3 is 15.4 Å². The Morgan fingerprint density at radius 2 is 2.10 bits per heavy atom. The van der Waals surface area contributed by atoms with Crippen LogP contribution in [0.2, 0.25) is 0 Å². The van der Waals surface area contributed by atoms with E-state index >= 15 is 0 Å². The first-order valence-corrected chi connectivity index (χ1v) is 7.13. The molecule has 0 fully saturated rings. The Morgan fingerprint density at radius 1 is 1.33 bits per heavy atom. The van der Waals surface area contributed by atoms with Crippen molar-refractivity contribution >= 4 is 33.3 Å². The number of methoxy groups -OCH3 is 1. The Balaban J connectivity index is 2.28. The number of aromatic nitrogens is 1. The van der Waals surface area contributed by atoms with Crippen molar-refractivity contribution in [2.24, 2.45) is 0 Å². The van der Waals surface area contributed by atoms with E-state index < -0.39 is 0 Å². The fourth-order valence-corrected chi connectivity index (χ4v) is 2.24. The second-order valence-corrected chi connectivity index (χ2v) is 5.35. The molecular weight excluding hydrogens is 334 g/mol. The van der Waals surface area contributed by atoms with Gasteiger partial charge in [-0.25, -0.2) is 4.98 Å². The molecule has 0 bridgehead atoms. The first-order chi connectivity index (χ1) is 10.0. The molecule has 1 amide bonds. The molecule has 1 aromatic carbocycles. The van der Waals surface area contributed by atoms with Crippen LogP contribution < -0.4 is 15.4 Å². The van der Waals surface area contributed by atoms with Crippen LogP contribution in [0.1, 0.15) is 15.9 Å². The molecule has 0 saturated carbocycles. The van der Waals surface area contributed by atoms with Gasteiger partial charge in [0.15, 0.2) is 0 Å². The number of benzene rings is 1. The lowest BCUT2D eigenvalue weighted by atomic mass is 10.1. The van der Waals surface area contributed by atoms with E-state index in [0.717, 1.165) is 21.5 Å². The summed E-state index contributed by atoms with van der Waals surface area (Å²) in [5, 5.41) is 5.79. The molecule has 0 aliphatic carbocycles. The van der Waals surface area contributed by atoms with E-state index in [9.17, 15) is 4.79 Å². The van der Waals surface area contributed by atoms with Gasteiger partial charge in [0.2, 0.25) is 0 Å². The predicted octanol–water partition coefficient (Wildman–Crippen LogP) is 3.46. The van der Waals surface area contributed by atoms with Crippen LogP contribution in [0.25, 0.3) is 0 Å². The van der Waals surface area contributed by atoms with Crippen LogP contribution in [0.4, 0.5) is 11.5 Å². The summed E-state index contributed by atoms with van der Waals surface area (Å²) in [5.41, 5.74) is 2.14. The molecule has 0 spiro atoms. The van der Waals surface area contributed by atoms with E-state index in [1.165, 1.54) is 0 Å². The monoisotopic (exact) mass is 349 g/mol. The van der Waals surface area contributed by atoms with Gasteiger partial charge in [-0.1, -0.05) is 0 Å². The van der Waals surface area contributed by atoms with Gasteiger partial charge in [0.05, 0.1) is 12.7 Å². The van der Waals surface area contributed by atoms with Crippen molar-refractivity contribution in [3.8, 4) is 5.75 Å². The fourth-order valence-electron chi connectivity index (χ4n) is 1.90. The molecule has 5 nitrogen and oxygen atoms in total. The maximum absolute atomic E-state index is 12.4. The van der Waals surface area contributed by atoms with E-state index in [1.807, 2.05) is 19.1 Å². The molecular formula is C15H16BrN3O2. The maximum Gasteiger partial charge on any atom is 0.259 e. The van der Waals surface area contributed by atoms with Crippen LogP contribution in [0.5, 0.6) is 5.75 Å². The van der Waals surface area contributed by atoms with E-state index in [4.69, 9.17) is 4.74 Å². The molecule has 2 aromatic rings. The zero-order valence-corrected chi connectivity index (χ0v) is 13.6. The van der Waals surface area contributed by atoms with Crippen molar-refractivity contribution < 1.29 is 9.53 Å². The minimum atomic E-state index is -0.221.